The van der Waals surface area contributed by atoms with E-state index in [1.54, 1.807) is 12.3 Å². The van der Waals surface area contributed by atoms with Gasteiger partial charge in [-0.1, -0.05) is 41.4 Å². The highest BCUT2D eigenvalue weighted by molar-refractivity contribution is 7.15. The predicted molar refractivity (Wildman–Crippen MR) is 93.6 cm³/mol. The van der Waals surface area contributed by atoms with Crippen LogP contribution in [-0.2, 0) is 6.42 Å². The van der Waals surface area contributed by atoms with Crippen molar-refractivity contribution in [2.75, 3.05) is 5.32 Å². The van der Waals surface area contributed by atoms with Crippen LogP contribution < -0.4 is 5.32 Å². The minimum atomic E-state index is -0.270. The first-order valence-electron chi connectivity index (χ1n) is 6.73. The first-order valence-corrected chi connectivity index (χ1v) is 8.30. The van der Waals surface area contributed by atoms with Crippen LogP contribution in [0.5, 0.6) is 0 Å². The van der Waals surface area contributed by atoms with Crippen molar-refractivity contribution in [3.05, 3.63) is 75.0 Å². The number of benzene rings is 1. The molecule has 1 aromatic carbocycles. The molecule has 0 radical (unpaired) electrons. The summed E-state index contributed by atoms with van der Waals surface area (Å²) < 4.78 is 0. The Balaban J connectivity index is 1.70. The molecule has 0 fully saturated rings. The van der Waals surface area contributed by atoms with Crippen LogP contribution in [0, 0.1) is 0 Å². The lowest BCUT2D eigenvalue weighted by Crippen LogP contribution is -2.11. The Morgan fingerprint density at radius 1 is 1.17 bits per heavy atom. The lowest BCUT2D eigenvalue weighted by atomic mass is 10.1. The third-order valence-electron chi connectivity index (χ3n) is 3.09. The highest BCUT2D eigenvalue weighted by Crippen LogP contribution is 2.25. The van der Waals surface area contributed by atoms with Crippen LogP contribution in [0.1, 0.15) is 20.8 Å². The van der Waals surface area contributed by atoms with Gasteiger partial charge in [-0.2, -0.15) is 0 Å². The molecule has 0 aliphatic carbocycles. The largest absolute Gasteiger partial charge is 0.298 e. The molecule has 0 aliphatic rings. The Morgan fingerprint density at radius 2 is 2.00 bits per heavy atom. The number of carbonyl (C=O) groups excluding carboxylic acids is 1. The van der Waals surface area contributed by atoms with Gasteiger partial charge < -0.3 is 0 Å². The van der Waals surface area contributed by atoms with Gasteiger partial charge in [-0.3, -0.25) is 10.1 Å². The maximum atomic E-state index is 12.1. The maximum Gasteiger partial charge on any atom is 0.257 e. The SMILES string of the molecule is O=C(Nc1ncc(Cc2ccccc2Cl)s1)c1ccnc(Cl)c1. The summed E-state index contributed by atoms with van der Waals surface area (Å²) in [4.78, 5) is 21.2. The van der Waals surface area contributed by atoms with Crippen molar-refractivity contribution in [1.29, 1.82) is 0 Å². The lowest BCUT2D eigenvalue weighted by Gasteiger charge is -2.02. The highest BCUT2D eigenvalue weighted by atomic mass is 35.5. The van der Waals surface area contributed by atoms with E-state index >= 15 is 0 Å². The number of aromatic nitrogens is 2. The summed E-state index contributed by atoms with van der Waals surface area (Å²) in [5.41, 5.74) is 1.46. The van der Waals surface area contributed by atoms with Gasteiger partial charge in [-0.15, -0.1) is 11.3 Å². The molecule has 116 valence electrons. The van der Waals surface area contributed by atoms with Gasteiger partial charge in [0.1, 0.15) is 5.15 Å². The lowest BCUT2D eigenvalue weighted by molar-refractivity contribution is 0.102. The average Bonchev–Trinajstić information content (AvgIpc) is 2.97. The summed E-state index contributed by atoms with van der Waals surface area (Å²) in [6.45, 7) is 0. The maximum absolute atomic E-state index is 12.1. The minimum Gasteiger partial charge on any atom is -0.298 e. The summed E-state index contributed by atoms with van der Waals surface area (Å²) in [5, 5.41) is 4.28. The zero-order valence-electron chi connectivity index (χ0n) is 11.8. The molecule has 1 amide bonds. The number of nitrogens with one attached hydrogen (secondary N) is 1. The predicted octanol–water partition coefficient (Wildman–Crippen LogP) is 4.69. The van der Waals surface area contributed by atoms with Gasteiger partial charge in [0.2, 0.25) is 0 Å². The summed E-state index contributed by atoms with van der Waals surface area (Å²) >= 11 is 13.4. The topological polar surface area (TPSA) is 54.9 Å². The zero-order valence-corrected chi connectivity index (χ0v) is 14.1. The number of amides is 1. The van der Waals surface area contributed by atoms with Crippen molar-refractivity contribution >= 4 is 45.6 Å². The second kappa shape index (κ2) is 7.08. The first-order chi connectivity index (χ1) is 11.1. The summed E-state index contributed by atoms with van der Waals surface area (Å²) in [6.07, 6.45) is 3.90. The Bertz CT molecular complexity index is 851. The first kappa shape index (κ1) is 15.9. The van der Waals surface area contributed by atoms with E-state index in [1.165, 1.54) is 23.6 Å². The van der Waals surface area contributed by atoms with Gasteiger partial charge in [0.25, 0.3) is 5.91 Å². The second-order valence-corrected chi connectivity index (χ2v) is 6.63. The fourth-order valence-electron chi connectivity index (χ4n) is 1.99. The molecule has 2 heterocycles. The van der Waals surface area contributed by atoms with Crippen molar-refractivity contribution in [3.8, 4) is 0 Å². The average molecular weight is 364 g/mol. The molecule has 23 heavy (non-hydrogen) atoms. The van der Waals surface area contributed by atoms with Gasteiger partial charge in [0.05, 0.1) is 0 Å². The molecule has 0 saturated carbocycles. The molecular formula is C16H11Cl2N3OS. The van der Waals surface area contributed by atoms with E-state index in [0.717, 1.165) is 15.5 Å². The molecule has 0 aliphatic heterocycles. The molecule has 0 unspecified atom stereocenters. The van der Waals surface area contributed by atoms with Crippen LogP contribution in [0.4, 0.5) is 5.13 Å². The number of pyridine rings is 1. The van der Waals surface area contributed by atoms with Crippen LogP contribution in [0.25, 0.3) is 0 Å². The molecular weight excluding hydrogens is 353 g/mol. The smallest absolute Gasteiger partial charge is 0.257 e. The Morgan fingerprint density at radius 3 is 2.78 bits per heavy atom. The molecule has 2 aromatic heterocycles. The number of hydrogen-bond acceptors (Lipinski definition) is 4. The minimum absolute atomic E-state index is 0.270. The van der Waals surface area contributed by atoms with E-state index in [1.807, 2.05) is 24.3 Å². The molecule has 7 heteroatoms. The van der Waals surface area contributed by atoms with Crippen molar-refractivity contribution in [2.45, 2.75) is 6.42 Å². The number of anilines is 1. The van der Waals surface area contributed by atoms with Crippen molar-refractivity contribution in [3.63, 3.8) is 0 Å². The molecule has 3 aromatic rings. The van der Waals surface area contributed by atoms with Gasteiger partial charge in [0, 0.05) is 34.3 Å². The highest BCUT2D eigenvalue weighted by Gasteiger charge is 2.11. The van der Waals surface area contributed by atoms with Crippen LogP contribution in [0.15, 0.2) is 48.8 Å². The van der Waals surface area contributed by atoms with Crippen LogP contribution >= 0.6 is 34.5 Å². The molecule has 0 saturated heterocycles. The van der Waals surface area contributed by atoms with E-state index in [2.05, 4.69) is 15.3 Å². The number of nitrogens with zero attached hydrogens (tertiary/aromatic N) is 2. The fraction of sp³-hybridized carbons (Fsp3) is 0.0625. The number of hydrogen-bond donors (Lipinski definition) is 1. The number of carbonyl (C=O) groups is 1. The van der Waals surface area contributed by atoms with Crippen molar-refractivity contribution in [1.82, 2.24) is 9.97 Å². The summed E-state index contributed by atoms with van der Waals surface area (Å²) in [6, 6.07) is 10.8. The van der Waals surface area contributed by atoms with Gasteiger partial charge in [-0.05, 0) is 23.8 Å². The molecule has 0 bridgehead atoms. The standard InChI is InChI=1S/C16H11Cl2N3OS/c17-13-4-2-1-3-10(13)7-12-9-20-16(23-12)21-15(22)11-5-6-19-14(18)8-11/h1-6,8-9H,7H2,(H,20,21,22). The molecule has 0 atom stereocenters. The van der Waals surface area contributed by atoms with E-state index in [-0.39, 0.29) is 11.1 Å². The molecule has 4 nitrogen and oxygen atoms in total. The van der Waals surface area contributed by atoms with E-state index in [9.17, 15) is 4.79 Å². The quantitative estimate of drug-likeness (QED) is 0.684. The number of rotatable bonds is 4. The molecule has 3 rings (SSSR count). The van der Waals surface area contributed by atoms with E-state index in [4.69, 9.17) is 23.2 Å². The number of thiazole rings is 1. The summed E-state index contributed by atoms with van der Waals surface area (Å²) in [5.74, 6) is -0.270. The van der Waals surface area contributed by atoms with Gasteiger partial charge in [0.15, 0.2) is 5.13 Å². The van der Waals surface area contributed by atoms with Gasteiger partial charge in [-0.25, -0.2) is 9.97 Å². The van der Waals surface area contributed by atoms with Crippen molar-refractivity contribution < 1.29 is 4.79 Å². The Hall–Kier alpha value is -1.95. The van der Waals surface area contributed by atoms with E-state index in [0.29, 0.717) is 17.1 Å². The van der Waals surface area contributed by atoms with Crippen LogP contribution in [0.3, 0.4) is 0 Å². The number of halogens is 2. The Kier molecular flexibility index (Phi) is 4.91. The molecule has 1 N–H and O–H groups in total. The summed E-state index contributed by atoms with van der Waals surface area (Å²) in [7, 11) is 0. The zero-order chi connectivity index (χ0) is 16.2. The molecule has 0 spiro atoms. The normalized spacial score (nSPS) is 10.5. The third-order valence-corrected chi connectivity index (χ3v) is 4.57. The monoisotopic (exact) mass is 363 g/mol. The van der Waals surface area contributed by atoms with Crippen molar-refractivity contribution in [2.24, 2.45) is 0 Å². The Labute approximate surface area is 147 Å². The third kappa shape index (κ3) is 4.07. The second-order valence-electron chi connectivity index (χ2n) is 4.72. The van der Waals surface area contributed by atoms with Crippen LogP contribution in [-0.4, -0.2) is 15.9 Å². The van der Waals surface area contributed by atoms with E-state index < -0.39 is 0 Å². The fourth-order valence-corrected chi connectivity index (χ4v) is 3.20. The van der Waals surface area contributed by atoms with Crippen LogP contribution in [0.2, 0.25) is 10.2 Å². The van der Waals surface area contributed by atoms with Gasteiger partial charge >= 0.3 is 0 Å².